The largest absolute Gasteiger partial charge is 0.496 e. The predicted molar refractivity (Wildman–Crippen MR) is 95.3 cm³/mol. The Labute approximate surface area is 147 Å². The summed E-state index contributed by atoms with van der Waals surface area (Å²) in [6, 6.07) is 12.4. The Kier molecular flexibility index (Phi) is 4.87. The number of sulfonamides is 1. The van der Waals surface area contributed by atoms with E-state index in [1.165, 1.54) is 6.07 Å². The number of nitrogens with zero attached hydrogens (tertiary/aromatic N) is 2. The van der Waals surface area contributed by atoms with Gasteiger partial charge in [0.1, 0.15) is 5.75 Å². The van der Waals surface area contributed by atoms with Crippen molar-refractivity contribution in [3.8, 4) is 11.4 Å². The molecule has 0 bridgehead atoms. The maximum absolute atomic E-state index is 12.4. The Bertz CT molecular complexity index is 950. The summed E-state index contributed by atoms with van der Waals surface area (Å²) in [6.45, 7) is 2.03. The van der Waals surface area contributed by atoms with Crippen molar-refractivity contribution in [1.82, 2.24) is 14.3 Å². The summed E-state index contributed by atoms with van der Waals surface area (Å²) in [5.74, 6) is 0.661. The van der Waals surface area contributed by atoms with Crippen LogP contribution in [0.3, 0.4) is 0 Å². The van der Waals surface area contributed by atoms with E-state index in [2.05, 4.69) is 9.71 Å². The highest BCUT2D eigenvalue weighted by Gasteiger charge is 2.15. The molecular weight excluding hydrogens is 338 g/mol. The number of aryl methyl sites for hydroxylation is 1. The number of ether oxygens (including phenoxy) is 1. The molecule has 1 aromatic heterocycles. The summed E-state index contributed by atoms with van der Waals surface area (Å²) < 4.78 is 34.6. The van der Waals surface area contributed by atoms with E-state index in [9.17, 15) is 8.42 Å². The molecule has 0 aliphatic heterocycles. The summed E-state index contributed by atoms with van der Waals surface area (Å²) in [4.78, 5) is 4.23. The highest BCUT2D eigenvalue weighted by molar-refractivity contribution is 7.89. The van der Waals surface area contributed by atoms with Crippen LogP contribution in [-0.4, -0.2) is 25.1 Å². The standard InChI is InChI=1S/C18H19N3O3S/c1-14-11-17(7-8-18(14)24-2)25(22,23)20-12-15-3-5-16(6-4-15)21-10-9-19-13-21/h3-11,13,20H,12H2,1-2H3. The summed E-state index contributed by atoms with van der Waals surface area (Å²) in [7, 11) is -2.02. The van der Waals surface area contributed by atoms with Crippen molar-refractivity contribution < 1.29 is 13.2 Å². The molecule has 3 rings (SSSR count). The minimum Gasteiger partial charge on any atom is -0.496 e. The Morgan fingerprint density at radius 1 is 1.16 bits per heavy atom. The minimum atomic E-state index is -3.58. The van der Waals surface area contributed by atoms with Crippen LogP contribution in [0.4, 0.5) is 0 Å². The fourth-order valence-corrected chi connectivity index (χ4v) is 3.58. The molecule has 0 aliphatic rings. The molecule has 1 N–H and O–H groups in total. The summed E-state index contributed by atoms with van der Waals surface area (Å²) in [6.07, 6.45) is 5.27. The lowest BCUT2D eigenvalue weighted by atomic mass is 10.2. The van der Waals surface area contributed by atoms with E-state index in [1.54, 1.807) is 31.8 Å². The molecule has 0 saturated heterocycles. The molecular formula is C18H19N3O3S. The van der Waals surface area contributed by atoms with Crippen LogP contribution >= 0.6 is 0 Å². The fourth-order valence-electron chi connectivity index (χ4n) is 2.48. The lowest BCUT2D eigenvalue weighted by Crippen LogP contribution is -2.23. The van der Waals surface area contributed by atoms with Crippen molar-refractivity contribution in [2.24, 2.45) is 0 Å². The zero-order chi connectivity index (χ0) is 17.9. The van der Waals surface area contributed by atoms with Crippen LogP contribution in [0, 0.1) is 6.92 Å². The molecule has 0 aliphatic carbocycles. The van der Waals surface area contributed by atoms with Crippen molar-refractivity contribution in [3.05, 3.63) is 72.3 Å². The summed E-state index contributed by atoms with van der Waals surface area (Å²) in [5.41, 5.74) is 2.61. The number of hydrogen-bond donors (Lipinski definition) is 1. The lowest BCUT2D eigenvalue weighted by molar-refractivity contribution is 0.411. The maximum Gasteiger partial charge on any atom is 0.240 e. The number of rotatable bonds is 6. The van der Waals surface area contributed by atoms with Gasteiger partial charge in [0.2, 0.25) is 10.0 Å². The Hall–Kier alpha value is -2.64. The third-order valence-corrected chi connectivity index (χ3v) is 5.28. The highest BCUT2D eigenvalue weighted by Crippen LogP contribution is 2.21. The topological polar surface area (TPSA) is 73.2 Å². The zero-order valence-electron chi connectivity index (χ0n) is 14.0. The van der Waals surface area contributed by atoms with Crippen molar-refractivity contribution in [3.63, 3.8) is 0 Å². The fraction of sp³-hybridized carbons (Fsp3) is 0.167. The average Bonchev–Trinajstić information content (AvgIpc) is 3.15. The zero-order valence-corrected chi connectivity index (χ0v) is 14.8. The second-order valence-corrected chi connectivity index (χ2v) is 7.36. The molecule has 0 spiro atoms. The number of benzene rings is 2. The van der Waals surface area contributed by atoms with Gasteiger partial charge in [0.15, 0.2) is 0 Å². The smallest absolute Gasteiger partial charge is 0.240 e. The average molecular weight is 357 g/mol. The van der Waals surface area contributed by atoms with Gasteiger partial charge in [-0.3, -0.25) is 0 Å². The van der Waals surface area contributed by atoms with Gasteiger partial charge in [-0.2, -0.15) is 0 Å². The molecule has 6 nitrogen and oxygen atoms in total. The van der Waals surface area contributed by atoms with E-state index in [0.717, 1.165) is 16.8 Å². The number of methoxy groups -OCH3 is 1. The van der Waals surface area contributed by atoms with Gasteiger partial charge in [-0.25, -0.2) is 18.1 Å². The van der Waals surface area contributed by atoms with Gasteiger partial charge in [0.25, 0.3) is 0 Å². The molecule has 3 aromatic rings. The van der Waals surface area contributed by atoms with Crippen LogP contribution < -0.4 is 9.46 Å². The van der Waals surface area contributed by atoms with Gasteiger partial charge in [-0.1, -0.05) is 12.1 Å². The first-order chi connectivity index (χ1) is 12.0. The van der Waals surface area contributed by atoms with Gasteiger partial charge in [-0.15, -0.1) is 0 Å². The Morgan fingerprint density at radius 3 is 2.52 bits per heavy atom. The van der Waals surface area contributed by atoms with Gasteiger partial charge < -0.3 is 9.30 Å². The highest BCUT2D eigenvalue weighted by atomic mass is 32.2. The van der Waals surface area contributed by atoms with Crippen LogP contribution in [0.2, 0.25) is 0 Å². The van der Waals surface area contributed by atoms with E-state index >= 15 is 0 Å². The normalized spacial score (nSPS) is 11.4. The molecule has 25 heavy (non-hydrogen) atoms. The molecule has 0 amide bonds. The third kappa shape index (κ3) is 3.89. The van der Waals surface area contributed by atoms with E-state index in [1.807, 2.05) is 42.0 Å². The van der Waals surface area contributed by atoms with E-state index in [-0.39, 0.29) is 11.4 Å². The quantitative estimate of drug-likeness (QED) is 0.736. The Morgan fingerprint density at radius 2 is 1.92 bits per heavy atom. The molecule has 0 radical (unpaired) electrons. The van der Waals surface area contributed by atoms with Crippen molar-refractivity contribution in [2.45, 2.75) is 18.4 Å². The molecule has 130 valence electrons. The van der Waals surface area contributed by atoms with Gasteiger partial charge >= 0.3 is 0 Å². The maximum atomic E-state index is 12.4. The number of aromatic nitrogens is 2. The van der Waals surface area contributed by atoms with Crippen molar-refractivity contribution in [2.75, 3.05) is 7.11 Å². The predicted octanol–water partition coefficient (Wildman–Crippen LogP) is 2.67. The second kappa shape index (κ2) is 7.08. The molecule has 2 aromatic carbocycles. The first kappa shape index (κ1) is 17.2. The van der Waals surface area contributed by atoms with E-state index in [4.69, 9.17) is 4.74 Å². The van der Waals surface area contributed by atoms with Crippen molar-refractivity contribution in [1.29, 1.82) is 0 Å². The summed E-state index contributed by atoms with van der Waals surface area (Å²) >= 11 is 0. The Balaban J connectivity index is 1.71. The van der Waals surface area contributed by atoms with Crippen LogP contribution in [0.15, 0.2) is 66.1 Å². The van der Waals surface area contributed by atoms with Gasteiger partial charge in [0, 0.05) is 24.6 Å². The molecule has 0 fully saturated rings. The van der Waals surface area contributed by atoms with E-state index < -0.39 is 10.0 Å². The number of imidazole rings is 1. The minimum absolute atomic E-state index is 0.220. The molecule has 0 saturated carbocycles. The van der Waals surface area contributed by atoms with Crippen LogP contribution in [0.25, 0.3) is 5.69 Å². The molecule has 0 unspecified atom stereocenters. The third-order valence-electron chi connectivity index (χ3n) is 3.88. The van der Waals surface area contributed by atoms with Crippen LogP contribution in [0.5, 0.6) is 5.75 Å². The number of hydrogen-bond acceptors (Lipinski definition) is 4. The SMILES string of the molecule is COc1ccc(S(=O)(=O)NCc2ccc(-n3ccnc3)cc2)cc1C. The molecule has 1 heterocycles. The monoisotopic (exact) mass is 357 g/mol. The second-order valence-electron chi connectivity index (χ2n) is 5.59. The first-order valence-corrected chi connectivity index (χ1v) is 9.19. The summed E-state index contributed by atoms with van der Waals surface area (Å²) in [5, 5.41) is 0. The molecule has 7 heteroatoms. The number of nitrogens with one attached hydrogen (secondary N) is 1. The van der Waals surface area contributed by atoms with E-state index in [0.29, 0.717) is 5.75 Å². The van der Waals surface area contributed by atoms with Crippen LogP contribution in [-0.2, 0) is 16.6 Å². The van der Waals surface area contributed by atoms with Crippen molar-refractivity contribution >= 4 is 10.0 Å². The lowest BCUT2D eigenvalue weighted by Gasteiger charge is -2.10. The van der Waals surface area contributed by atoms with Crippen LogP contribution in [0.1, 0.15) is 11.1 Å². The molecule has 0 atom stereocenters. The first-order valence-electron chi connectivity index (χ1n) is 7.71. The van der Waals surface area contributed by atoms with Gasteiger partial charge in [-0.05, 0) is 48.4 Å². The van der Waals surface area contributed by atoms with Gasteiger partial charge in [0.05, 0.1) is 18.3 Å².